The van der Waals surface area contributed by atoms with Crippen molar-refractivity contribution in [1.29, 1.82) is 0 Å². The molecule has 3 aromatic rings. The molecule has 122 valence electrons. The van der Waals surface area contributed by atoms with E-state index in [0.29, 0.717) is 24.1 Å². The van der Waals surface area contributed by atoms with E-state index in [1.807, 2.05) is 37.3 Å². The fourth-order valence-electron chi connectivity index (χ4n) is 3.21. The third-order valence-corrected chi connectivity index (χ3v) is 5.65. The SMILES string of the molecule is Cc1c(-c2ccccc2)sc2nc(CC3CCC(=O)N3)[nH]c(=O)c12. The number of carbonyl (C=O) groups is 1. The van der Waals surface area contributed by atoms with Crippen molar-refractivity contribution >= 4 is 27.5 Å². The van der Waals surface area contributed by atoms with Crippen molar-refractivity contribution in [2.75, 3.05) is 0 Å². The molecule has 1 atom stereocenters. The zero-order valence-electron chi connectivity index (χ0n) is 13.3. The molecule has 0 saturated carbocycles. The number of aromatic nitrogens is 2. The highest BCUT2D eigenvalue weighted by Gasteiger charge is 2.22. The number of aryl methyl sites for hydroxylation is 1. The fourth-order valence-corrected chi connectivity index (χ4v) is 4.42. The zero-order chi connectivity index (χ0) is 16.7. The highest BCUT2D eigenvalue weighted by atomic mass is 32.1. The van der Waals surface area contributed by atoms with Gasteiger partial charge < -0.3 is 10.3 Å². The fraction of sp³-hybridized carbons (Fsp3) is 0.278. The molecule has 5 nitrogen and oxygen atoms in total. The molecule has 4 rings (SSSR count). The van der Waals surface area contributed by atoms with Crippen molar-refractivity contribution in [3.63, 3.8) is 0 Å². The molecule has 2 N–H and O–H groups in total. The summed E-state index contributed by atoms with van der Waals surface area (Å²) in [6.45, 7) is 1.97. The first kappa shape index (κ1) is 15.1. The summed E-state index contributed by atoms with van der Waals surface area (Å²) in [7, 11) is 0. The summed E-state index contributed by atoms with van der Waals surface area (Å²) < 4.78 is 0. The molecule has 1 saturated heterocycles. The maximum absolute atomic E-state index is 12.5. The Morgan fingerprint density at radius 1 is 1.25 bits per heavy atom. The Kier molecular flexibility index (Phi) is 3.69. The molecule has 0 radical (unpaired) electrons. The van der Waals surface area contributed by atoms with Crippen molar-refractivity contribution in [1.82, 2.24) is 15.3 Å². The number of hydrogen-bond acceptors (Lipinski definition) is 4. The minimum Gasteiger partial charge on any atom is -0.353 e. The van der Waals surface area contributed by atoms with Gasteiger partial charge in [-0.15, -0.1) is 11.3 Å². The van der Waals surface area contributed by atoms with Gasteiger partial charge in [-0.3, -0.25) is 9.59 Å². The van der Waals surface area contributed by atoms with Gasteiger partial charge in [0.25, 0.3) is 5.56 Å². The maximum Gasteiger partial charge on any atom is 0.259 e. The van der Waals surface area contributed by atoms with Gasteiger partial charge in [0.2, 0.25) is 5.91 Å². The van der Waals surface area contributed by atoms with Crippen LogP contribution in [-0.4, -0.2) is 21.9 Å². The van der Waals surface area contributed by atoms with Crippen LogP contribution in [0.2, 0.25) is 0 Å². The number of rotatable bonds is 3. The number of thiophene rings is 1. The van der Waals surface area contributed by atoms with Crippen LogP contribution in [0, 0.1) is 6.92 Å². The summed E-state index contributed by atoms with van der Waals surface area (Å²) in [5.41, 5.74) is 1.97. The second-order valence-corrected chi connectivity index (χ2v) is 7.12. The van der Waals surface area contributed by atoms with Gasteiger partial charge in [-0.25, -0.2) is 4.98 Å². The van der Waals surface area contributed by atoms with E-state index in [1.165, 1.54) is 0 Å². The van der Waals surface area contributed by atoms with E-state index in [2.05, 4.69) is 15.3 Å². The van der Waals surface area contributed by atoms with Crippen LogP contribution in [0.3, 0.4) is 0 Å². The van der Waals surface area contributed by atoms with Gasteiger partial charge in [-0.1, -0.05) is 30.3 Å². The first-order valence-corrected chi connectivity index (χ1v) is 8.80. The Balaban J connectivity index is 1.76. The summed E-state index contributed by atoms with van der Waals surface area (Å²) in [6.07, 6.45) is 1.90. The lowest BCUT2D eigenvalue weighted by Gasteiger charge is -2.08. The van der Waals surface area contributed by atoms with Crippen LogP contribution in [0.25, 0.3) is 20.7 Å². The molecule has 0 bridgehead atoms. The average molecular weight is 339 g/mol. The zero-order valence-corrected chi connectivity index (χ0v) is 14.1. The molecule has 0 aliphatic carbocycles. The first-order valence-electron chi connectivity index (χ1n) is 7.99. The number of hydrogen-bond donors (Lipinski definition) is 2. The quantitative estimate of drug-likeness (QED) is 0.770. The lowest BCUT2D eigenvalue weighted by molar-refractivity contribution is -0.119. The van der Waals surface area contributed by atoms with Crippen LogP contribution in [0.15, 0.2) is 35.1 Å². The molecule has 1 unspecified atom stereocenters. The molecule has 3 heterocycles. The number of H-pyrrole nitrogens is 1. The van der Waals surface area contributed by atoms with E-state index in [-0.39, 0.29) is 17.5 Å². The number of fused-ring (bicyclic) bond motifs is 1. The minimum atomic E-state index is -0.102. The monoisotopic (exact) mass is 339 g/mol. The molecule has 0 spiro atoms. The van der Waals surface area contributed by atoms with E-state index >= 15 is 0 Å². The second-order valence-electron chi connectivity index (χ2n) is 6.12. The molecule has 24 heavy (non-hydrogen) atoms. The van der Waals surface area contributed by atoms with E-state index in [1.54, 1.807) is 11.3 Å². The molecule has 2 aromatic heterocycles. The van der Waals surface area contributed by atoms with Crippen molar-refractivity contribution < 1.29 is 4.79 Å². The Labute approximate surface area is 142 Å². The van der Waals surface area contributed by atoms with Gasteiger partial charge in [0.05, 0.1) is 5.39 Å². The predicted octanol–water partition coefficient (Wildman–Crippen LogP) is 2.78. The van der Waals surface area contributed by atoms with Gasteiger partial charge >= 0.3 is 0 Å². The van der Waals surface area contributed by atoms with E-state index in [0.717, 1.165) is 27.3 Å². The molecular weight excluding hydrogens is 322 g/mol. The van der Waals surface area contributed by atoms with Gasteiger partial charge in [-0.05, 0) is 24.5 Å². The number of nitrogens with one attached hydrogen (secondary N) is 2. The molecule has 1 amide bonds. The lowest BCUT2D eigenvalue weighted by Crippen LogP contribution is -2.28. The smallest absolute Gasteiger partial charge is 0.259 e. The highest BCUT2D eigenvalue weighted by Crippen LogP contribution is 2.35. The second kappa shape index (κ2) is 5.87. The standard InChI is InChI=1S/C18H17N3O2S/c1-10-15-17(23)20-13(9-12-7-8-14(22)19-12)21-18(15)24-16(10)11-5-3-2-4-6-11/h2-6,12H,7-9H2,1H3,(H,19,22)(H,20,21,23). The Hall–Kier alpha value is -2.47. The summed E-state index contributed by atoms with van der Waals surface area (Å²) in [4.78, 5) is 33.2. The van der Waals surface area contributed by atoms with Gasteiger partial charge in [0, 0.05) is 23.8 Å². The summed E-state index contributed by atoms with van der Waals surface area (Å²) in [5.74, 6) is 0.710. The number of aromatic amines is 1. The Morgan fingerprint density at radius 2 is 2.04 bits per heavy atom. The molecule has 1 aromatic carbocycles. The highest BCUT2D eigenvalue weighted by molar-refractivity contribution is 7.22. The van der Waals surface area contributed by atoms with E-state index in [9.17, 15) is 9.59 Å². The maximum atomic E-state index is 12.5. The number of nitrogens with zero attached hydrogens (tertiary/aromatic N) is 1. The van der Waals surface area contributed by atoms with Crippen LogP contribution in [0.1, 0.15) is 24.2 Å². The first-order chi connectivity index (χ1) is 11.6. The predicted molar refractivity (Wildman–Crippen MR) is 95.3 cm³/mol. The normalized spacial score (nSPS) is 17.4. The van der Waals surface area contributed by atoms with Crippen molar-refractivity contribution in [2.45, 2.75) is 32.2 Å². The molecule has 1 aliphatic heterocycles. The number of carbonyl (C=O) groups excluding carboxylic acids is 1. The topological polar surface area (TPSA) is 74.8 Å². The minimum absolute atomic E-state index is 0.0627. The van der Waals surface area contributed by atoms with Crippen LogP contribution in [-0.2, 0) is 11.2 Å². The lowest BCUT2D eigenvalue weighted by atomic mass is 10.1. The summed E-state index contributed by atoms with van der Waals surface area (Å²) >= 11 is 1.55. The summed E-state index contributed by atoms with van der Waals surface area (Å²) in [5, 5.41) is 3.58. The Bertz CT molecular complexity index is 975. The van der Waals surface area contributed by atoms with Gasteiger partial charge in [0.15, 0.2) is 0 Å². The van der Waals surface area contributed by atoms with Gasteiger partial charge in [0.1, 0.15) is 10.7 Å². The Morgan fingerprint density at radius 3 is 2.75 bits per heavy atom. The number of benzene rings is 1. The largest absolute Gasteiger partial charge is 0.353 e. The third-order valence-electron chi connectivity index (χ3n) is 4.41. The third kappa shape index (κ3) is 2.63. The molecule has 1 fully saturated rings. The van der Waals surface area contributed by atoms with Crippen LogP contribution >= 0.6 is 11.3 Å². The summed E-state index contributed by atoms with van der Waals surface area (Å²) in [6, 6.07) is 10.1. The van der Waals surface area contributed by atoms with Gasteiger partial charge in [-0.2, -0.15) is 0 Å². The van der Waals surface area contributed by atoms with Crippen LogP contribution < -0.4 is 10.9 Å². The molecule has 1 aliphatic rings. The molecule has 6 heteroatoms. The van der Waals surface area contributed by atoms with Crippen molar-refractivity contribution in [3.05, 3.63) is 52.1 Å². The van der Waals surface area contributed by atoms with E-state index in [4.69, 9.17) is 0 Å². The average Bonchev–Trinajstić information content (AvgIpc) is 3.12. The van der Waals surface area contributed by atoms with E-state index < -0.39 is 0 Å². The number of amides is 1. The van der Waals surface area contributed by atoms with Crippen LogP contribution in [0.5, 0.6) is 0 Å². The molecular formula is C18H17N3O2S. The van der Waals surface area contributed by atoms with Crippen molar-refractivity contribution in [3.8, 4) is 10.4 Å². The van der Waals surface area contributed by atoms with Crippen LogP contribution in [0.4, 0.5) is 0 Å². The van der Waals surface area contributed by atoms with Crippen molar-refractivity contribution in [2.24, 2.45) is 0 Å².